The topological polar surface area (TPSA) is 118 Å². The minimum atomic E-state index is -4.17. The average molecular weight is 284 g/mol. The van der Waals surface area contributed by atoms with E-state index in [1.54, 1.807) is 0 Å². The molecule has 8 heteroatoms. The Morgan fingerprint density at radius 3 is 1.17 bits per heavy atom. The molecule has 0 aliphatic rings. The van der Waals surface area contributed by atoms with Gasteiger partial charge < -0.3 is 4.90 Å². The molecule has 0 radical (unpaired) electrons. The van der Waals surface area contributed by atoms with Crippen molar-refractivity contribution in [3.05, 3.63) is 0 Å². The van der Waals surface area contributed by atoms with Crippen molar-refractivity contribution in [1.82, 2.24) is 4.90 Å². The first-order valence-corrected chi connectivity index (χ1v) is 6.98. The zero-order chi connectivity index (χ0) is 15.4. The van der Waals surface area contributed by atoms with Crippen molar-refractivity contribution in [1.29, 1.82) is 0 Å². The second-order valence-electron chi connectivity index (χ2n) is 3.25. The van der Waals surface area contributed by atoms with E-state index in [1.165, 1.54) is 33.5 Å². The number of Topliss-reactive ketones (excluding diaryl/α,β-unsaturated/α-hetero) is 2. The Morgan fingerprint density at radius 2 is 1.17 bits per heavy atom. The maximum atomic E-state index is 9.79. The summed E-state index contributed by atoms with van der Waals surface area (Å²) in [6.07, 6.45) is 0. The first-order chi connectivity index (χ1) is 7.99. The van der Waals surface area contributed by atoms with Crippen LogP contribution in [0.5, 0.6) is 0 Å². The maximum absolute atomic E-state index is 9.79. The highest BCUT2D eigenvalue weighted by Crippen LogP contribution is 1.81. The number of carbonyl (C=O) groups is 2. The van der Waals surface area contributed by atoms with Crippen molar-refractivity contribution in [2.45, 2.75) is 34.6 Å². The molecule has 0 aromatic rings. The highest BCUT2D eigenvalue weighted by molar-refractivity contribution is 7.83. The lowest BCUT2D eigenvalue weighted by Gasteiger charge is -2.13. The van der Waals surface area contributed by atoms with Crippen LogP contribution in [0.15, 0.2) is 0 Å². The van der Waals surface area contributed by atoms with Gasteiger partial charge in [0.1, 0.15) is 0 Å². The lowest BCUT2D eigenvalue weighted by Crippen LogP contribution is -2.21. The fraction of sp³-hybridized carbons (Fsp3) is 0.800. The Balaban J connectivity index is -0.000000190. The predicted molar refractivity (Wildman–Crippen MR) is 70.6 cm³/mol. The lowest BCUT2D eigenvalue weighted by molar-refractivity contribution is -0.134. The molecule has 0 saturated heterocycles. The normalized spacial score (nSPS) is 9.78. The van der Waals surface area contributed by atoms with E-state index in [4.69, 9.17) is 13.0 Å². The molecule has 0 saturated carbocycles. The molecule has 0 spiro atoms. The summed E-state index contributed by atoms with van der Waals surface area (Å²) in [5, 5.41) is 3.88. The van der Waals surface area contributed by atoms with Crippen LogP contribution in [0.1, 0.15) is 34.6 Å². The molecule has 0 aliphatic heterocycles. The summed E-state index contributed by atoms with van der Waals surface area (Å²) in [4.78, 5) is 22.0. The highest BCUT2D eigenvalue weighted by Gasteiger charge is 1.94. The lowest BCUT2D eigenvalue weighted by atomic mass is 10.3. The third kappa shape index (κ3) is 36.2. The monoisotopic (exact) mass is 284 g/mol. The molecule has 0 heterocycles. The van der Waals surface area contributed by atoms with E-state index in [2.05, 4.69) is 30.8 Å². The molecule has 18 heavy (non-hydrogen) atoms. The van der Waals surface area contributed by atoms with Gasteiger partial charge in [0.05, 0.1) is 0 Å². The van der Waals surface area contributed by atoms with Crippen molar-refractivity contribution in [3.8, 4) is 0 Å². The minimum Gasteiger partial charge on any atom is -0.304 e. The third-order valence-corrected chi connectivity index (χ3v) is 1.84. The molecule has 0 bridgehead atoms. The van der Waals surface area contributed by atoms with Gasteiger partial charge in [0, 0.05) is 13.8 Å². The van der Waals surface area contributed by atoms with Crippen LogP contribution < -0.4 is 5.14 Å². The number of ketones is 2. The van der Waals surface area contributed by atoms with Crippen LogP contribution in [0, 0.1) is 0 Å². The maximum Gasteiger partial charge on any atom is 0.330 e. The van der Waals surface area contributed by atoms with Crippen molar-refractivity contribution in [2.75, 3.05) is 19.6 Å². The van der Waals surface area contributed by atoms with Crippen LogP contribution in [-0.4, -0.2) is 49.1 Å². The molecule has 110 valence electrons. The standard InChI is InChI=1S/C6H15N.C4H6O2.H3NO3S/c1-4-7(5-2)6-3;1-3(5)4(2)6;1-5(2,3)4/h4-6H2,1-3H3;1-2H3;(H3,1,2,3,4). The predicted octanol–water partition coefficient (Wildman–Crippen LogP) is 0.260. The number of carbonyl (C=O) groups excluding carboxylic acids is 2. The van der Waals surface area contributed by atoms with Crippen LogP contribution in [-0.2, 0) is 19.9 Å². The number of nitrogens with zero attached hydrogens (tertiary/aromatic N) is 1. The average Bonchev–Trinajstić information content (AvgIpc) is 2.18. The van der Waals surface area contributed by atoms with E-state index in [0.717, 1.165) is 0 Å². The van der Waals surface area contributed by atoms with E-state index in [0.29, 0.717) is 0 Å². The molecule has 3 N–H and O–H groups in total. The molecule has 0 aromatic heterocycles. The Labute approximate surface area is 109 Å². The fourth-order valence-electron chi connectivity index (χ4n) is 0.671. The summed E-state index contributed by atoms with van der Waals surface area (Å²) in [5.74, 6) is -0.759. The summed E-state index contributed by atoms with van der Waals surface area (Å²) < 4.78 is 25.2. The van der Waals surface area contributed by atoms with Gasteiger partial charge in [0.15, 0.2) is 11.6 Å². The first kappa shape index (κ1) is 22.4. The molecular formula is C10H24N2O5S. The summed E-state index contributed by atoms with van der Waals surface area (Å²) in [7, 11) is -4.17. The van der Waals surface area contributed by atoms with E-state index >= 15 is 0 Å². The number of hydrogen-bond acceptors (Lipinski definition) is 5. The van der Waals surface area contributed by atoms with Crippen molar-refractivity contribution < 1.29 is 22.6 Å². The third-order valence-electron chi connectivity index (χ3n) is 1.84. The van der Waals surface area contributed by atoms with Gasteiger partial charge >= 0.3 is 10.3 Å². The Hall–Kier alpha value is -0.830. The molecule has 0 unspecified atom stereocenters. The minimum absolute atomic E-state index is 0.380. The smallest absolute Gasteiger partial charge is 0.304 e. The first-order valence-electron chi connectivity index (χ1n) is 5.48. The Kier molecular flexibility index (Phi) is 15.7. The highest BCUT2D eigenvalue weighted by atomic mass is 32.2. The largest absolute Gasteiger partial charge is 0.330 e. The second kappa shape index (κ2) is 12.6. The molecule has 0 amide bonds. The van der Waals surface area contributed by atoms with E-state index in [1.807, 2.05) is 0 Å². The van der Waals surface area contributed by atoms with Crippen LogP contribution in [0.3, 0.4) is 0 Å². The molecule has 0 rings (SSSR count). The van der Waals surface area contributed by atoms with Crippen LogP contribution in [0.2, 0.25) is 0 Å². The SMILES string of the molecule is CC(=O)C(C)=O.CCN(CC)CC.NS(=O)(=O)O. The van der Waals surface area contributed by atoms with Crippen LogP contribution >= 0.6 is 0 Å². The van der Waals surface area contributed by atoms with Crippen LogP contribution in [0.4, 0.5) is 0 Å². The Bertz CT molecular complexity index is 298. The van der Waals surface area contributed by atoms with Crippen LogP contribution in [0.25, 0.3) is 0 Å². The Morgan fingerprint density at radius 1 is 1.00 bits per heavy atom. The zero-order valence-corrected chi connectivity index (χ0v) is 12.5. The molecule has 0 aliphatic carbocycles. The van der Waals surface area contributed by atoms with E-state index in [-0.39, 0.29) is 11.6 Å². The van der Waals surface area contributed by atoms with Gasteiger partial charge in [-0.1, -0.05) is 20.8 Å². The molecular weight excluding hydrogens is 260 g/mol. The molecule has 0 aromatic carbocycles. The van der Waals surface area contributed by atoms with Gasteiger partial charge in [-0.15, -0.1) is 0 Å². The number of hydrogen-bond donors (Lipinski definition) is 2. The summed E-state index contributed by atoms with van der Waals surface area (Å²) in [5.41, 5.74) is 0. The van der Waals surface area contributed by atoms with Gasteiger partial charge in [0.25, 0.3) is 0 Å². The fourth-order valence-corrected chi connectivity index (χ4v) is 0.671. The van der Waals surface area contributed by atoms with Gasteiger partial charge in [-0.2, -0.15) is 8.42 Å². The molecule has 0 fully saturated rings. The summed E-state index contributed by atoms with van der Waals surface area (Å²) >= 11 is 0. The van der Waals surface area contributed by atoms with Gasteiger partial charge in [-0.3, -0.25) is 14.1 Å². The summed E-state index contributed by atoms with van der Waals surface area (Å²) in [6.45, 7) is 12.6. The van der Waals surface area contributed by atoms with E-state index < -0.39 is 10.3 Å². The van der Waals surface area contributed by atoms with Gasteiger partial charge in [0.2, 0.25) is 0 Å². The summed E-state index contributed by atoms with van der Waals surface area (Å²) in [6, 6.07) is 0. The molecule has 0 atom stereocenters. The van der Waals surface area contributed by atoms with Crippen molar-refractivity contribution >= 4 is 21.9 Å². The number of nitrogens with two attached hydrogens (primary N) is 1. The van der Waals surface area contributed by atoms with Crippen molar-refractivity contribution in [3.63, 3.8) is 0 Å². The van der Waals surface area contributed by atoms with Gasteiger partial charge in [-0.25, -0.2) is 5.14 Å². The van der Waals surface area contributed by atoms with Crippen molar-refractivity contribution in [2.24, 2.45) is 5.14 Å². The van der Waals surface area contributed by atoms with Gasteiger partial charge in [-0.05, 0) is 19.6 Å². The molecule has 7 nitrogen and oxygen atoms in total. The second-order valence-corrected chi connectivity index (χ2v) is 4.28. The number of rotatable bonds is 4. The quantitative estimate of drug-likeness (QED) is 0.564. The van der Waals surface area contributed by atoms with E-state index in [9.17, 15) is 9.59 Å². The zero-order valence-electron chi connectivity index (χ0n) is 11.6.